The molecule has 122 valence electrons. The zero-order chi connectivity index (χ0) is 16.3. The summed E-state index contributed by atoms with van der Waals surface area (Å²) < 4.78 is 38.3. The minimum atomic E-state index is -3.21. The summed E-state index contributed by atoms with van der Waals surface area (Å²) >= 11 is 5.79. The molecule has 0 aliphatic heterocycles. The number of nitrogens with one attached hydrogen (secondary N) is 2. The van der Waals surface area contributed by atoms with Crippen LogP contribution in [-0.4, -0.2) is 32.7 Å². The summed E-state index contributed by atoms with van der Waals surface area (Å²) in [6.07, 6.45) is 3.74. The molecule has 0 atom stereocenters. The number of rotatable bonds is 4. The van der Waals surface area contributed by atoms with E-state index in [1.54, 1.807) is 0 Å². The van der Waals surface area contributed by atoms with Gasteiger partial charge in [0.1, 0.15) is 5.82 Å². The highest BCUT2D eigenvalue weighted by Gasteiger charge is 2.25. The van der Waals surface area contributed by atoms with Crippen LogP contribution in [0.1, 0.15) is 36.0 Å². The molecule has 2 N–H and O–H groups in total. The van der Waals surface area contributed by atoms with Crippen molar-refractivity contribution in [1.29, 1.82) is 0 Å². The highest BCUT2D eigenvalue weighted by Crippen LogP contribution is 2.22. The topological polar surface area (TPSA) is 75.3 Å². The van der Waals surface area contributed by atoms with E-state index in [4.69, 9.17) is 11.6 Å². The molecule has 5 nitrogen and oxygen atoms in total. The average molecular weight is 349 g/mol. The lowest BCUT2D eigenvalue weighted by molar-refractivity contribution is 0.0925. The van der Waals surface area contributed by atoms with Gasteiger partial charge in [-0.15, -0.1) is 0 Å². The van der Waals surface area contributed by atoms with Crippen LogP contribution >= 0.6 is 11.6 Å². The lowest BCUT2D eigenvalue weighted by Crippen LogP contribution is -2.43. The van der Waals surface area contributed by atoms with E-state index in [0.29, 0.717) is 25.7 Å². The van der Waals surface area contributed by atoms with Gasteiger partial charge in [-0.25, -0.2) is 17.5 Å². The Morgan fingerprint density at radius 1 is 1.23 bits per heavy atom. The van der Waals surface area contributed by atoms with Gasteiger partial charge in [0.15, 0.2) is 0 Å². The molecule has 1 aromatic carbocycles. The molecule has 1 aromatic rings. The quantitative estimate of drug-likeness (QED) is 0.874. The Labute approximate surface area is 134 Å². The third kappa shape index (κ3) is 4.66. The minimum absolute atomic E-state index is 0.0653. The van der Waals surface area contributed by atoms with Gasteiger partial charge in [0.25, 0.3) is 5.91 Å². The molecule has 0 saturated heterocycles. The Morgan fingerprint density at radius 2 is 1.82 bits per heavy atom. The van der Waals surface area contributed by atoms with Gasteiger partial charge in [0.05, 0.1) is 16.8 Å². The minimum Gasteiger partial charge on any atom is -0.349 e. The zero-order valence-electron chi connectivity index (χ0n) is 12.1. The molecule has 0 aromatic heterocycles. The fourth-order valence-corrected chi connectivity index (χ4v) is 3.65. The second kappa shape index (κ2) is 6.93. The van der Waals surface area contributed by atoms with Crippen LogP contribution < -0.4 is 10.0 Å². The first-order valence-electron chi connectivity index (χ1n) is 6.98. The third-order valence-electron chi connectivity index (χ3n) is 3.64. The van der Waals surface area contributed by atoms with Crippen LogP contribution in [0.25, 0.3) is 0 Å². The number of amides is 1. The van der Waals surface area contributed by atoms with Crippen molar-refractivity contribution in [1.82, 2.24) is 10.0 Å². The highest BCUT2D eigenvalue weighted by atomic mass is 35.5. The fraction of sp³-hybridized carbons (Fsp3) is 0.500. The Kier molecular flexibility index (Phi) is 5.41. The summed E-state index contributed by atoms with van der Waals surface area (Å²) in [5, 5.41) is 2.63. The molecule has 0 radical (unpaired) electrons. The molecule has 0 unspecified atom stereocenters. The standard InChI is InChI=1S/C14H18ClFN2O3S/c1-22(20,21)18-10-7-5-9(6-8-10)17-14(19)11-3-2-4-12(16)13(11)15/h2-4,9-10,18H,5-8H2,1H3,(H,17,19). The monoisotopic (exact) mass is 348 g/mol. The van der Waals surface area contributed by atoms with Gasteiger partial charge < -0.3 is 5.32 Å². The molecular formula is C14H18ClFN2O3S. The van der Waals surface area contributed by atoms with E-state index in [1.807, 2.05) is 0 Å². The summed E-state index contributed by atoms with van der Waals surface area (Å²) in [5.41, 5.74) is 0.109. The Balaban J connectivity index is 1.91. The van der Waals surface area contributed by atoms with Gasteiger partial charge in [-0.1, -0.05) is 17.7 Å². The summed E-state index contributed by atoms with van der Waals surface area (Å²) in [7, 11) is -3.21. The molecular weight excluding hydrogens is 331 g/mol. The summed E-state index contributed by atoms with van der Waals surface area (Å²) in [6, 6.07) is 3.94. The van der Waals surface area contributed by atoms with Crippen LogP contribution in [-0.2, 0) is 10.0 Å². The first-order valence-corrected chi connectivity index (χ1v) is 9.25. The predicted molar refractivity (Wildman–Crippen MR) is 82.9 cm³/mol. The van der Waals surface area contributed by atoms with Gasteiger partial charge in [-0.05, 0) is 37.8 Å². The normalized spacial score (nSPS) is 22.3. The molecule has 1 amide bonds. The Bertz CT molecular complexity index is 658. The second-order valence-electron chi connectivity index (χ2n) is 5.51. The van der Waals surface area contributed by atoms with Crippen LogP contribution in [0.15, 0.2) is 18.2 Å². The van der Waals surface area contributed by atoms with Gasteiger partial charge in [-0.2, -0.15) is 0 Å². The number of carbonyl (C=O) groups is 1. The van der Waals surface area contributed by atoms with E-state index in [9.17, 15) is 17.6 Å². The fourth-order valence-electron chi connectivity index (χ4n) is 2.60. The number of hydrogen-bond donors (Lipinski definition) is 2. The Morgan fingerprint density at radius 3 is 2.41 bits per heavy atom. The first kappa shape index (κ1) is 17.2. The van der Waals surface area contributed by atoms with Crippen LogP contribution in [0.2, 0.25) is 5.02 Å². The van der Waals surface area contributed by atoms with E-state index in [1.165, 1.54) is 18.2 Å². The zero-order valence-corrected chi connectivity index (χ0v) is 13.7. The number of hydrogen-bond acceptors (Lipinski definition) is 3. The lowest BCUT2D eigenvalue weighted by atomic mass is 9.91. The highest BCUT2D eigenvalue weighted by molar-refractivity contribution is 7.88. The molecule has 0 bridgehead atoms. The summed E-state index contributed by atoms with van der Waals surface area (Å²) in [5.74, 6) is -1.04. The van der Waals surface area contributed by atoms with Crippen LogP contribution in [0.5, 0.6) is 0 Å². The number of halogens is 2. The molecule has 0 spiro atoms. The maximum Gasteiger partial charge on any atom is 0.253 e. The number of benzene rings is 1. The number of carbonyl (C=O) groups excluding carboxylic acids is 1. The SMILES string of the molecule is CS(=O)(=O)NC1CCC(NC(=O)c2cccc(F)c2Cl)CC1. The van der Waals surface area contributed by atoms with Crippen LogP contribution in [0.4, 0.5) is 4.39 Å². The molecule has 2 rings (SSSR count). The molecule has 1 aliphatic rings. The molecule has 8 heteroatoms. The van der Waals surface area contributed by atoms with E-state index in [-0.39, 0.29) is 22.7 Å². The van der Waals surface area contributed by atoms with Crippen molar-refractivity contribution in [3.8, 4) is 0 Å². The van der Waals surface area contributed by atoms with Crippen molar-refractivity contribution in [2.24, 2.45) is 0 Å². The first-order chi connectivity index (χ1) is 10.3. The van der Waals surface area contributed by atoms with Crippen molar-refractivity contribution < 1.29 is 17.6 Å². The van der Waals surface area contributed by atoms with E-state index >= 15 is 0 Å². The third-order valence-corrected chi connectivity index (χ3v) is 4.78. The van der Waals surface area contributed by atoms with Crippen LogP contribution in [0, 0.1) is 5.82 Å². The van der Waals surface area contributed by atoms with E-state index in [0.717, 1.165) is 6.26 Å². The molecule has 22 heavy (non-hydrogen) atoms. The molecule has 0 heterocycles. The van der Waals surface area contributed by atoms with Crippen molar-refractivity contribution in [3.05, 3.63) is 34.6 Å². The lowest BCUT2D eigenvalue weighted by Gasteiger charge is -2.29. The maximum atomic E-state index is 13.3. The van der Waals surface area contributed by atoms with E-state index < -0.39 is 21.7 Å². The largest absolute Gasteiger partial charge is 0.349 e. The van der Waals surface area contributed by atoms with Gasteiger partial charge in [0, 0.05) is 12.1 Å². The summed E-state index contributed by atoms with van der Waals surface area (Å²) in [6.45, 7) is 0. The van der Waals surface area contributed by atoms with Crippen molar-refractivity contribution in [2.45, 2.75) is 37.8 Å². The van der Waals surface area contributed by atoms with E-state index in [2.05, 4.69) is 10.0 Å². The molecule has 1 aliphatic carbocycles. The summed E-state index contributed by atoms with van der Waals surface area (Å²) in [4.78, 5) is 12.1. The van der Waals surface area contributed by atoms with Crippen LogP contribution in [0.3, 0.4) is 0 Å². The maximum absolute atomic E-state index is 13.3. The van der Waals surface area contributed by atoms with Gasteiger partial charge in [-0.3, -0.25) is 4.79 Å². The smallest absolute Gasteiger partial charge is 0.253 e. The van der Waals surface area contributed by atoms with Crippen molar-refractivity contribution in [2.75, 3.05) is 6.26 Å². The second-order valence-corrected chi connectivity index (χ2v) is 7.67. The molecule has 1 fully saturated rings. The van der Waals surface area contributed by atoms with Gasteiger partial charge >= 0.3 is 0 Å². The predicted octanol–water partition coefficient (Wildman–Crippen LogP) is 2.07. The Hall–Kier alpha value is -1.18. The van der Waals surface area contributed by atoms with Gasteiger partial charge in [0.2, 0.25) is 10.0 Å². The van der Waals surface area contributed by atoms with Crippen molar-refractivity contribution >= 4 is 27.5 Å². The van der Waals surface area contributed by atoms with Crippen molar-refractivity contribution in [3.63, 3.8) is 0 Å². The molecule has 1 saturated carbocycles. The average Bonchev–Trinajstić information content (AvgIpc) is 2.42. The number of sulfonamides is 1.